The van der Waals surface area contributed by atoms with Crippen molar-refractivity contribution in [3.05, 3.63) is 35.9 Å². The average Bonchev–Trinajstić information content (AvgIpc) is 2.37. The van der Waals surface area contributed by atoms with E-state index >= 15 is 0 Å². The molecule has 0 bridgehead atoms. The zero-order valence-electron chi connectivity index (χ0n) is 12.7. The number of carbonyl (C=O) groups excluding carboxylic acids is 1. The molecule has 4 heteroatoms. The Kier molecular flexibility index (Phi) is 7.09. The first kappa shape index (κ1) is 16.5. The Hall–Kier alpha value is -1.55. The molecule has 0 aliphatic heterocycles. The van der Waals surface area contributed by atoms with E-state index in [1.807, 2.05) is 26.8 Å². The number of ether oxygens (including phenoxy) is 1. The molecule has 0 aromatic heterocycles. The third-order valence-corrected chi connectivity index (χ3v) is 2.67. The molecule has 1 aromatic rings. The molecule has 0 unspecified atom stereocenters. The second-order valence-corrected chi connectivity index (χ2v) is 5.80. The third kappa shape index (κ3) is 8.53. The lowest BCUT2D eigenvalue weighted by Crippen LogP contribution is -2.38. The maximum atomic E-state index is 11.4. The van der Waals surface area contributed by atoms with Crippen molar-refractivity contribution in [2.45, 2.75) is 45.6 Å². The summed E-state index contributed by atoms with van der Waals surface area (Å²) < 4.78 is 5.13. The highest BCUT2D eigenvalue weighted by Crippen LogP contribution is 2.06. The van der Waals surface area contributed by atoms with Crippen LogP contribution in [-0.2, 0) is 11.2 Å². The van der Waals surface area contributed by atoms with Gasteiger partial charge in [0.05, 0.1) is 6.67 Å². The van der Waals surface area contributed by atoms with Crippen molar-refractivity contribution >= 4 is 6.09 Å². The minimum atomic E-state index is -0.445. The Morgan fingerprint density at radius 3 is 2.50 bits per heavy atom. The van der Waals surface area contributed by atoms with Crippen molar-refractivity contribution in [2.75, 3.05) is 13.2 Å². The highest BCUT2D eigenvalue weighted by molar-refractivity contribution is 5.67. The zero-order chi connectivity index (χ0) is 14.8. The molecule has 112 valence electrons. The first-order valence-corrected chi connectivity index (χ1v) is 7.19. The fourth-order valence-corrected chi connectivity index (χ4v) is 1.76. The molecule has 0 aliphatic rings. The van der Waals surface area contributed by atoms with Crippen LogP contribution >= 0.6 is 0 Å². The van der Waals surface area contributed by atoms with Crippen LogP contribution in [0, 0.1) is 0 Å². The smallest absolute Gasteiger partial charge is 0.408 e. The fraction of sp³-hybridized carbons (Fsp3) is 0.562. The molecule has 0 fully saturated rings. The Bertz CT molecular complexity index is 385. The highest BCUT2D eigenvalue weighted by atomic mass is 16.6. The number of nitrogens with one attached hydrogen (secondary N) is 2. The van der Waals surface area contributed by atoms with Crippen molar-refractivity contribution in [3.63, 3.8) is 0 Å². The molecule has 0 spiro atoms. The summed E-state index contributed by atoms with van der Waals surface area (Å²) in [7, 11) is 0. The fourth-order valence-electron chi connectivity index (χ4n) is 1.76. The minimum absolute atomic E-state index is 0.380. The normalized spacial score (nSPS) is 11.2. The molecule has 0 saturated heterocycles. The first-order chi connectivity index (χ1) is 9.47. The quantitative estimate of drug-likeness (QED) is 0.595. The van der Waals surface area contributed by atoms with Crippen LogP contribution in [0.2, 0.25) is 0 Å². The molecular weight excluding hydrogens is 252 g/mol. The Morgan fingerprint density at radius 2 is 1.85 bits per heavy atom. The first-order valence-electron chi connectivity index (χ1n) is 7.19. The maximum Gasteiger partial charge on any atom is 0.408 e. The van der Waals surface area contributed by atoms with Gasteiger partial charge in [-0.1, -0.05) is 30.3 Å². The van der Waals surface area contributed by atoms with E-state index in [9.17, 15) is 4.79 Å². The van der Waals surface area contributed by atoms with Gasteiger partial charge in [0.15, 0.2) is 0 Å². The molecule has 2 N–H and O–H groups in total. The number of hydrogen-bond acceptors (Lipinski definition) is 3. The Morgan fingerprint density at radius 1 is 1.15 bits per heavy atom. The lowest BCUT2D eigenvalue weighted by molar-refractivity contribution is 0.0523. The van der Waals surface area contributed by atoms with Gasteiger partial charge in [-0.05, 0) is 52.1 Å². The molecule has 1 rings (SSSR count). The number of carbonyl (C=O) groups is 1. The predicted octanol–water partition coefficient (Wildman–Crippen LogP) is 3.08. The number of rotatable bonds is 7. The summed E-state index contributed by atoms with van der Waals surface area (Å²) in [4.78, 5) is 11.4. The highest BCUT2D eigenvalue weighted by Gasteiger charge is 2.15. The molecule has 0 atom stereocenters. The van der Waals surface area contributed by atoms with Crippen LogP contribution in [0.4, 0.5) is 4.79 Å². The molecule has 0 saturated carbocycles. The van der Waals surface area contributed by atoms with E-state index in [0.717, 1.165) is 25.8 Å². The van der Waals surface area contributed by atoms with Crippen molar-refractivity contribution in [1.29, 1.82) is 0 Å². The number of hydrogen-bond donors (Lipinski definition) is 2. The number of amides is 1. The van der Waals surface area contributed by atoms with Crippen LogP contribution in [0.1, 0.15) is 39.2 Å². The molecule has 0 aliphatic carbocycles. The van der Waals surface area contributed by atoms with Gasteiger partial charge in [0.1, 0.15) is 5.60 Å². The maximum absolute atomic E-state index is 11.4. The van der Waals surface area contributed by atoms with Gasteiger partial charge in [-0.3, -0.25) is 5.32 Å². The van der Waals surface area contributed by atoms with Crippen molar-refractivity contribution in [1.82, 2.24) is 10.6 Å². The second-order valence-electron chi connectivity index (χ2n) is 5.80. The van der Waals surface area contributed by atoms with Gasteiger partial charge in [0, 0.05) is 0 Å². The van der Waals surface area contributed by atoms with E-state index in [1.165, 1.54) is 5.56 Å². The van der Waals surface area contributed by atoms with Gasteiger partial charge in [-0.2, -0.15) is 0 Å². The lowest BCUT2D eigenvalue weighted by Gasteiger charge is -2.19. The zero-order valence-corrected chi connectivity index (χ0v) is 12.7. The number of unbranched alkanes of at least 4 members (excludes halogenated alkanes) is 1. The van der Waals surface area contributed by atoms with Gasteiger partial charge < -0.3 is 10.1 Å². The van der Waals surface area contributed by atoms with Gasteiger partial charge in [0.2, 0.25) is 0 Å². The summed E-state index contributed by atoms with van der Waals surface area (Å²) in [6.07, 6.45) is 2.95. The van der Waals surface area contributed by atoms with Gasteiger partial charge in [0.25, 0.3) is 0 Å². The van der Waals surface area contributed by atoms with Gasteiger partial charge >= 0.3 is 6.09 Å². The van der Waals surface area contributed by atoms with Crippen LogP contribution in [-0.4, -0.2) is 24.9 Å². The summed E-state index contributed by atoms with van der Waals surface area (Å²) in [5.41, 5.74) is 0.930. The summed E-state index contributed by atoms with van der Waals surface area (Å²) in [5, 5.41) is 5.85. The molecule has 20 heavy (non-hydrogen) atoms. The molecular formula is C16H26N2O2. The largest absolute Gasteiger partial charge is 0.444 e. The average molecular weight is 278 g/mol. The lowest BCUT2D eigenvalue weighted by atomic mass is 10.1. The van der Waals surface area contributed by atoms with Gasteiger partial charge in [-0.15, -0.1) is 0 Å². The number of benzene rings is 1. The van der Waals surface area contributed by atoms with Crippen LogP contribution in [0.5, 0.6) is 0 Å². The van der Waals surface area contributed by atoms with E-state index in [4.69, 9.17) is 4.74 Å². The number of alkyl carbamates (subject to hydrolysis) is 1. The predicted molar refractivity (Wildman–Crippen MR) is 81.6 cm³/mol. The summed E-state index contributed by atoms with van der Waals surface area (Å²) >= 11 is 0. The molecule has 0 radical (unpaired) electrons. The SMILES string of the molecule is CC(C)(C)OC(=O)NCNCCCCc1ccccc1. The van der Waals surface area contributed by atoms with Crippen LogP contribution in [0.25, 0.3) is 0 Å². The van der Waals surface area contributed by atoms with E-state index < -0.39 is 5.60 Å². The van der Waals surface area contributed by atoms with Gasteiger partial charge in [-0.25, -0.2) is 4.79 Å². The van der Waals surface area contributed by atoms with Crippen LogP contribution in [0.3, 0.4) is 0 Å². The van der Waals surface area contributed by atoms with Crippen LogP contribution in [0.15, 0.2) is 30.3 Å². The topological polar surface area (TPSA) is 50.4 Å². The van der Waals surface area contributed by atoms with E-state index in [0.29, 0.717) is 6.67 Å². The van der Waals surface area contributed by atoms with Crippen LogP contribution < -0.4 is 10.6 Å². The van der Waals surface area contributed by atoms with E-state index in [-0.39, 0.29) is 6.09 Å². The molecule has 0 heterocycles. The third-order valence-electron chi connectivity index (χ3n) is 2.67. The Balaban J connectivity index is 1.96. The van der Waals surface area contributed by atoms with Crippen molar-refractivity contribution < 1.29 is 9.53 Å². The van der Waals surface area contributed by atoms with Crippen molar-refractivity contribution in [3.8, 4) is 0 Å². The standard InChI is InChI=1S/C16H26N2O2/c1-16(2,3)20-15(19)18-13-17-12-8-7-11-14-9-5-4-6-10-14/h4-6,9-10,17H,7-8,11-13H2,1-3H3,(H,18,19). The van der Waals surface area contributed by atoms with E-state index in [1.54, 1.807) is 0 Å². The Labute approximate surface area is 121 Å². The summed E-state index contributed by atoms with van der Waals surface area (Å²) in [6, 6.07) is 10.5. The van der Waals surface area contributed by atoms with E-state index in [2.05, 4.69) is 34.9 Å². The minimum Gasteiger partial charge on any atom is -0.444 e. The second kappa shape index (κ2) is 8.59. The molecule has 4 nitrogen and oxygen atoms in total. The monoisotopic (exact) mass is 278 g/mol. The summed E-state index contributed by atoms with van der Waals surface area (Å²) in [6.45, 7) is 6.89. The number of aryl methyl sites for hydroxylation is 1. The summed E-state index contributed by atoms with van der Waals surface area (Å²) in [5.74, 6) is 0. The molecule has 1 aromatic carbocycles. The van der Waals surface area contributed by atoms with Crippen molar-refractivity contribution in [2.24, 2.45) is 0 Å². The molecule has 1 amide bonds.